The number of hydrogen-bond acceptors (Lipinski definition) is 7. The zero-order valence-corrected chi connectivity index (χ0v) is 21.3. The van der Waals surface area contributed by atoms with Gasteiger partial charge in [-0.3, -0.25) is 10.1 Å². The number of pyridine rings is 1. The first-order valence-electron chi connectivity index (χ1n) is 12.3. The largest absolute Gasteiger partial charge is 0.368 e. The predicted molar refractivity (Wildman–Crippen MR) is 143 cm³/mol. The van der Waals surface area contributed by atoms with E-state index in [1.54, 1.807) is 11.1 Å². The molecule has 2 aliphatic rings. The lowest BCUT2D eigenvalue weighted by Gasteiger charge is -2.36. The second-order valence-corrected chi connectivity index (χ2v) is 9.98. The van der Waals surface area contributed by atoms with Crippen LogP contribution >= 0.6 is 11.3 Å². The normalized spacial score (nSPS) is 16.2. The number of aromatic nitrogens is 2. The second kappa shape index (κ2) is 10.9. The van der Waals surface area contributed by atoms with Gasteiger partial charge in [-0.2, -0.15) is 0 Å². The number of urea groups is 1. The average molecular weight is 506 g/mol. The Morgan fingerprint density at radius 1 is 0.917 bits per heavy atom. The Bertz CT molecular complexity index is 1190. The molecule has 0 saturated carbocycles. The molecule has 0 spiro atoms. The van der Waals surface area contributed by atoms with Crippen molar-refractivity contribution in [1.29, 1.82) is 0 Å². The van der Waals surface area contributed by atoms with E-state index in [1.807, 2.05) is 28.5 Å². The Balaban J connectivity index is 1.07. The van der Waals surface area contributed by atoms with Crippen molar-refractivity contribution in [3.05, 3.63) is 65.3 Å². The van der Waals surface area contributed by atoms with Gasteiger partial charge in [0.05, 0.1) is 12.1 Å². The van der Waals surface area contributed by atoms with E-state index in [2.05, 4.69) is 56.3 Å². The minimum atomic E-state index is -0.157. The van der Waals surface area contributed by atoms with Gasteiger partial charge in [0.15, 0.2) is 5.13 Å². The molecule has 9 nitrogen and oxygen atoms in total. The van der Waals surface area contributed by atoms with Crippen LogP contribution in [-0.4, -0.2) is 84.1 Å². The molecule has 2 aliphatic heterocycles. The smallest absolute Gasteiger partial charge is 0.323 e. The molecule has 10 heteroatoms. The third kappa shape index (κ3) is 5.76. The summed E-state index contributed by atoms with van der Waals surface area (Å²) in [7, 11) is 0. The molecule has 0 aliphatic carbocycles. The molecule has 0 radical (unpaired) electrons. The molecule has 5 rings (SSSR count). The summed E-state index contributed by atoms with van der Waals surface area (Å²) >= 11 is 1.36. The van der Waals surface area contributed by atoms with Crippen molar-refractivity contribution in [2.45, 2.75) is 13.3 Å². The van der Waals surface area contributed by atoms with Crippen LogP contribution in [-0.2, 0) is 11.2 Å². The van der Waals surface area contributed by atoms with Crippen LogP contribution in [0.15, 0.2) is 54.0 Å². The van der Waals surface area contributed by atoms with Crippen molar-refractivity contribution in [1.82, 2.24) is 19.8 Å². The highest BCUT2D eigenvalue weighted by Crippen LogP contribution is 2.20. The number of carbonyl (C=O) groups is 2. The molecule has 4 heterocycles. The van der Waals surface area contributed by atoms with Gasteiger partial charge in [-0.1, -0.05) is 18.2 Å². The van der Waals surface area contributed by atoms with Gasteiger partial charge in [0, 0.05) is 69.6 Å². The third-order valence-corrected chi connectivity index (χ3v) is 7.44. The number of carbonyl (C=O) groups excluding carboxylic acids is 2. The number of benzene rings is 1. The Morgan fingerprint density at radius 2 is 1.67 bits per heavy atom. The average Bonchev–Trinajstić information content (AvgIpc) is 3.35. The van der Waals surface area contributed by atoms with Gasteiger partial charge >= 0.3 is 6.03 Å². The van der Waals surface area contributed by atoms with Crippen LogP contribution in [0, 0.1) is 6.92 Å². The number of aryl methyl sites for hydroxylation is 1. The number of rotatable bonds is 5. The molecule has 188 valence electrons. The van der Waals surface area contributed by atoms with Crippen molar-refractivity contribution in [3.63, 3.8) is 0 Å². The van der Waals surface area contributed by atoms with Gasteiger partial charge in [-0.05, 0) is 36.8 Å². The van der Waals surface area contributed by atoms with E-state index >= 15 is 0 Å². The van der Waals surface area contributed by atoms with E-state index in [4.69, 9.17) is 0 Å². The molecule has 3 amide bonds. The maximum absolute atomic E-state index is 12.9. The summed E-state index contributed by atoms with van der Waals surface area (Å²) in [5.74, 6) is 1.01. The fourth-order valence-corrected chi connectivity index (χ4v) is 5.30. The lowest BCUT2D eigenvalue weighted by atomic mass is 10.2. The molecule has 3 aromatic rings. The van der Waals surface area contributed by atoms with Crippen LogP contribution in [0.2, 0.25) is 0 Å². The summed E-state index contributed by atoms with van der Waals surface area (Å²) in [5, 5.41) is 5.28. The summed E-state index contributed by atoms with van der Waals surface area (Å²) in [5.41, 5.74) is 3.14. The topological polar surface area (TPSA) is 84.9 Å². The van der Waals surface area contributed by atoms with Crippen LogP contribution in [0.25, 0.3) is 0 Å². The van der Waals surface area contributed by atoms with E-state index in [1.165, 1.54) is 22.6 Å². The van der Waals surface area contributed by atoms with E-state index in [0.717, 1.165) is 32.0 Å². The van der Waals surface area contributed by atoms with E-state index in [-0.39, 0.29) is 18.4 Å². The Kier molecular flexibility index (Phi) is 7.31. The minimum Gasteiger partial charge on any atom is -0.368 e. The molecule has 0 atom stereocenters. The fraction of sp³-hybridized carbons (Fsp3) is 0.385. The van der Waals surface area contributed by atoms with E-state index in [0.29, 0.717) is 37.0 Å². The molecule has 1 aromatic carbocycles. The molecule has 2 aromatic heterocycles. The summed E-state index contributed by atoms with van der Waals surface area (Å²) in [6.45, 7) is 7.84. The third-order valence-electron chi connectivity index (χ3n) is 6.64. The van der Waals surface area contributed by atoms with Crippen LogP contribution < -0.4 is 15.1 Å². The summed E-state index contributed by atoms with van der Waals surface area (Å²) < 4.78 is 0. The van der Waals surface area contributed by atoms with Crippen LogP contribution in [0.1, 0.15) is 11.3 Å². The molecule has 1 N–H and O–H groups in total. The first kappa shape index (κ1) is 24.1. The summed E-state index contributed by atoms with van der Waals surface area (Å²) in [6.07, 6.45) is 2.03. The lowest BCUT2D eigenvalue weighted by molar-refractivity contribution is -0.130. The molecule has 2 saturated heterocycles. The molecule has 0 bridgehead atoms. The van der Waals surface area contributed by atoms with Crippen molar-refractivity contribution in [2.75, 3.05) is 67.5 Å². The highest BCUT2D eigenvalue weighted by Gasteiger charge is 2.24. The number of nitrogens with zero attached hydrogens (tertiary/aromatic N) is 6. The molecule has 36 heavy (non-hydrogen) atoms. The number of anilines is 3. The molecular weight excluding hydrogens is 474 g/mol. The SMILES string of the molecule is Cc1cccc(N2CCN(C(=O)Cc3csc(NC(=O)N4CCN(c5ccccn5)CC4)n3)CC2)c1. The van der Waals surface area contributed by atoms with Gasteiger partial charge in [0.25, 0.3) is 0 Å². The predicted octanol–water partition coefficient (Wildman–Crippen LogP) is 3.09. The van der Waals surface area contributed by atoms with Crippen LogP contribution in [0.5, 0.6) is 0 Å². The van der Waals surface area contributed by atoms with E-state index < -0.39 is 0 Å². The highest BCUT2D eigenvalue weighted by molar-refractivity contribution is 7.13. The van der Waals surface area contributed by atoms with Gasteiger partial charge in [0.1, 0.15) is 5.82 Å². The maximum atomic E-state index is 12.9. The molecule has 2 fully saturated rings. The van der Waals surface area contributed by atoms with Crippen molar-refractivity contribution in [3.8, 4) is 0 Å². The van der Waals surface area contributed by atoms with Crippen LogP contribution in [0.3, 0.4) is 0 Å². The zero-order chi connectivity index (χ0) is 24.9. The number of piperazine rings is 2. The van der Waals surface area contributed by atoms with Gasteiger partial charge in [-0.15, -0.1) is 11.3 Å². The van der Waals surface area contributed by atoms with Gasteiger partial charge < -0.3 is 19.6 Å². The van der Waals surface area contributed by atoms with Gasteiger partial charge in [-0.25, -0.2) is 14.8 Å². The van der Waals surface area contributed by atoms with Crippen molar-refractivity contribution < 1.29 is 9.59 Å². The van der Waals surface area contributed by atoms with Gasteiger partial charge in [0.2, 0.25) is 5.91 Å². The number of hydrogen-bond donors (Lipinski definition) is 1. The Hall–Kier alpha value is -3.66. The lowest BCUT2D eigenvalue weighted by Crippen LogP contribution is -2.50. The van der Waals surface area contributed by atoms with Crippen molar-refractivity contribution in [2.24, 2.45) is 0 Å². The quantitative estimate of drug-likeness (QED) is 0.574. The van der Waals surface area contributed by atoms with E-state index in [9.17, 15) is 9.59 Å². The summed E-state index contributed by atoms with van der Waals surface area (Å²) in [6, 6.07) is 14.2. The number of nitrogens with one attached hydrogen (secondary N) is 1. The molecular formula is C26H31N7O2S. The van der Waals surface area contributed by atoms with Crippen LogP contribution in [0.4, 0.5) is 21.4 Å². The first-order chi connectivity index (χ1) is 17.5. The maximum Gasteiger partial charge on any atom is 0.323 e. The van der Waals surface area contributed by atoms with Crippen molar-refractivity contribution >= 4 is 39.9 Å². The fourth-order valence-electron chi connectivity index (χ4n) is 4.60. The first-order valence-corrected chi connectivity index (χ1v) is 13.2. The Morgan fingerprint density at radius 3 is 2.39 bits per heavy atom. The minimum absolute atomic E-state index is 0.0766. The standard InChI is InChI=1S/C26H31N7O2S/c1-20-5-4-6-22(17-20)30-9-13-32(14-10-30)24(34)18-21-19-36-25(28-21)29-26(35)33-15-11-31(12-16-33)23-7-2-3-8-27-23/h2-8,17,19H,9-16,18H2,1H3,(H,28,29,35). The Labute approximate surface area is 215 Å². The molecule has 0 unspecified atom stereocenters. The number of thiazole rings is 1. The highest BCUT2D eigenvalue weighted by atomic mass is 32.1. The monoisotopic (exact) mass is 505 g/mol. The summed E-state index contributed by atoms with van der Waals surface area (Å²) in [4.78, 5) is 42.7. The zero-order valence-electron chi connectivity index (χ0n) is 20.5. The second-order valence-electron chi connectivity index (χ2n) is 9.12. The number of amides is 3.